The fourth-order valence-electron chi connectivity index (χ4n) is 2.26. The third kappa shape index (κ3) is 2.74. The third-order valence-electron chi connectivity index (χ3n) is 3.26. The lowest BCUT2D eigenvalue weighted by molar-refractivity contribution is 0.527. The molecule has 0 aliphatic carbocycles. The molecule has 1 atom stereocenters. The van der Waals surface area contributed by atoms with Gasteiger partial charge in [0.15, 0.2) is 11.5 Å². The topological polar surface area (TPSA) is 26.0 Å². The number of fused-ring (bicyclic) bond motifs is 1. The number of halogens is 2. The number of aryl methyl sites for hydroxylation is 1. The number of hydrogen-bond acceptors (Lipinski definition) is 2. The van der Waals surface area contributed by atoms with Crippen molar-refractivity contribution in [3.05, 3.63) is 64.5 Å². The molecule has 1 unspecified atom stereocenters. The molecule has 0 N–H and O–H groups in total. The summed E-state index contributed by atoms with van der Waals surface area (Å²) in [7, 11) is 0. The van der Waals surface area contributed by atoms with Gasteiger partial charge in [0.1, 0.15) is 5.52 Å². The average Bonchev–Trinajstić information content (AvgIpc) is 2.80. The van der Waals surface area contributed by atoms with Crippen LogP contribution in [0.15, 0.2) is 46.9 Å². The molecule has 0 fully saturated rings. The Bertz CT molecular complexity index is 720. The molecule has 20 heavy (non-hydrogen) atoms. The van der Waals surface area contributed by atoms with Crippen LogP contribution < -0.4 is 0 Å². The van der Waals surface area contributed by atoms with Crippen LogP contribution in [0, 0.1) is 6.92 Å². The first kappa shape index (κ1) is 13.7. The quantitative estimate of drug-likeness (QED) is 0.586. The smallest absolute Gasteiger partial charge is 0.196 e. The van der Waals surface area contributed by atoms with Gasteiger partial charge < -0.3 is 4.42 Å². The molecule has 102 valence electrons. The van der Waals surface area contributed by atoms with E-state index in [2.05, 4.69) is 27.8 Å². The lowest BCUT2D eigenvalue weighted by atomic mass is 10.0. The van der Waals surface area contributed by atoms with Crippen molar-refractivity contribution in [2.75, 3.05) is 0 Å². The Morgan fingerprint density at radius 1 is 1.25 bits per heavy atom. The van der Waals surface area contributed by atoms with E-state index in [-0.39, 0.29) is 4.83 Å². The van der Waals surface area contributed by atoms with E-state index in [4.69, 9.17) is 16.0 Å². The van der Waals surface area contributed by atoms with E-state index < -0.39 is 0 Å². The lowest BCUT2D eigenvalue weighted by Gasteiger charge is -2.11. The van der Waals surface area contributed by atoms with Gasteiger partial charge in [0.2, 0.25) is 0 Å². The van der Waals surface area contributed by atoms with Crippen molar-refractivity contribution >= 4 is 38.6 Å². The largest absolute Gasteiger partial charge is 0.441 e. The molecule has 3 aromatic rings. The summed E-state index contributed by atoms with van der Waals surface area (Å²) in [6, 6.07) is 13.7. The maximum absolute atomic E-state index is 5.99. The van der Waals surface area contributed by atoms with Gasteiger partial charge in [0, 0.05) is 16.3 Å². The van der Waals surface area contributed by atoms with E-state index in [1.165, 1.54) is 5.56 Å². The van der Waals surface area contributed by atoms with Crippen LogP contribution in [0.2, 0.25) is 5.02 Å². The highest BCUT2D eigenvalue weighted by atomic mass is 79.9. The summed E-state index contributed by atoms with van der Waals surface area (Å²) < 4.78 is 5.76. The van der Waals surface area contributed by atoms with Crippen LogP contribution >= 0.6 is 27.5 Å². The summed E-state index contributed by atoms with van der Waals surface area (Å²) in [6.07, 6.45) is 0.706. The number of benzene rings is 2. The summed E-state index contributed by atoms with van der Waals surface area (Å²) >= 11 is 9.70. The number of alkyl halides is 1. The first-order valence-corrected chi connectivity index (χ1v) is 7.67. The van der Waals surface area contributed by atoms with E-state index in [0.717, 1.165) is 27.6 Å². The third-order valence-corrected chi connectivity index (χ3v) is 4.31. The normalized spacial score (nSPS) is 12.8. The molecule has 0 saturated carbocycles. The monoisotopic (exact) mass is 349 g/mol. The van der Waals surface area contributed by atoms with Gasteiger partial charge in [-0.1, -0.05) is 45.7 Å². The molecule has 0 bridgehead atoms. The van der Waals surface area contributed by atoms with Gasteiger partial charge in [-0.25, -0.2) is 4.98 Å². The number of rotatable bonds is 3. The molecule has 0 saturated heterocycles. The van der Waals surface area contributed by atoms with Crippen molar-refractivity contribution in [2.24, 2.45) is 0 Å². The van der Waals surface area contributed by atoms with Crippen LogP contribution in [0.1, 0.15) is 21.8 Å². The highest BCUT2D eigenvalue weighted by Crippen LogP contribution is 2.31. The summed E-state index contributed by atoms with van der Waals surface area (Å²) in [5, 5.41) is 0.757. The van der Waals surface area contributed by atoms with Crippen molar-refractivity contribution in [3.8, 4) is 0 Å². The molecule has 0 aliphatic rings. The van der Waals surface area contributed by atoms with E-state index in [1.807, 2.05) is 42.5 Å². The Hall–Kier alpha value is -1.32. The average molecular weight is 351 g/mol. The number of hydrogen-bond donors (Lipinski definition) is 0. The van der Waals surface area contributed by atoms with Crippen LogP contribution in [0.5, 0.6) is 0 Å². The molecule has 4 heteroatoms. The number of oxazole rings is 1. The predicted molar refractivity (Wildman–Crippen MR) is 85.6 cm³/mol. The Morgan fingerprint density at radius 2 is 2.05 bits per heavy atom. The highest BCUT2D eigenvalue weighted by Gasteiger charge is 2.15. The second kappa shape index (κ2) is 5.58. The van der Waals surface area contributed by atoms with Gasteiger partial charge in [-0.2, -0.15) is 0 Å². The molecule has 3 rings (SSSR count). The molecule has 2 nitrogen and oxygen atoms in total. The minimum absolute atomic E-state index is 0.160. The highest BCUT2D eigenvalue weighted by molar-refractivity contribution is 9.09. The lowest BCUT2D eigenvalue weighted by Crippen LogP contribution is -1.98. The van der Waals surface area contributed by atoms with Gasteiger partial charge in [-0.05, 0) is 42.3 Å². The van der Waals surface area contributed by atoms with Crippen molar-refractivity contribution in [2.45, 2.75) is 18.2 Å². The summed E-state index contributed by atoms with van der Waals surface area (Å²) in [6.45, 7) is 2.06. The van der Waals surface area contributed by atoms with Gasteiger partial charge in [-0.3, -0.25) is 0 Å². The molecule has 1 heterocycles. The molecule has 0 amide bonds. The van der Waals surface area contributed by atoms with Crippen LogP contribution in [-0.4, -0.2) is 4.98 Å². The second-order valence-electron chi connectivity index (χ2n) is 4.75. The molecule has 0 spiro atoms. The van der Waals surface area contributed by atoms with E-state index >= 15 is 0 Å². The Balaban J connectivity index is 1.86. The zero-order valence-corrected chi connectivity index (χ0v) is 13.3. The molecular weight excluding hydrogens is 338 g/mol. The maximum atomic E-state index is 5.99. The van der Waals surface area contributed by atoms with Gasteiger partial charge >= 0.3 is 0 Å². The minimum atomic E-state index is 0.160. The van der Waals surface area contributed by atoms with Crippen molar-refractivity contribution in [3.63, 3.8) is 0 Å². The van der Waals surface area contributed by atoms with Gasteiger partial charge in [-0.15, -0.1) is 0 Å². The molecule has 2 aromatic carbocycles. The predicted octanol–water partition coefficient (Wildman–Crippen LogP) is 5.47. The standard InChI is InChI=1S/C16H13BrClNO/c1-10-8-11(18)6-7-12(10)13(17)9-16-19-14-4-2-3-5-15(14)20-16/h2-8,13H,9H2,1H3. The molecule has 0 radical (unpaired) electrons. The van der Waals surface area contributed by atoms with Crippen molar-refractivity contribution in [1.82, 2.24) is 4.98 Å². The number of para-hydroxylation sites is 2. The molecule has 0 aliphatic heterocycles. The fourth-order valence-corrected chi connectivity index (χ4v) is 3.28. The van der Waals surface area contributed by atoms with Crippen LogP contribution in [-0.2, 0) is 6.42 Å². The first-order chi connectivity index (χ1) is 9.63. The molecular formula is C16H13BrClNO. The van der Waals surface area contributed by atoms with E-state index in [0.29, 0.717) is 6.42 Å². The number of nitrogens with zero attached hydrogens (tertiary/aromatic N) is 1. The summed E-state index contributed by atoms with van der Waals surface area (Å²) in [5.74, 6) is 0.738. The molecule has 1 aromatic heterocycles. The van der Waals surface area contributed by atoms with Crippen molar-refractivity contribution < 1.29 is 4.42 Å². The fraction of sp³-hybridized carbons (Fsp3) is 0.188. The van der Waals surface area contributed by atoms with Gasteiger partial charge in [0.25, 0.3) is 0 Å². The SMILES string of the molecule is Cc1cc(Cl)ccc1C(Br)Cc1nc2ccccc2o1. The van der Waals surface area contributed by atoms with E-state index in [9.17, 15) is 0 Å². The zero-order valence-electron chi connectivity index (χ0n) is 10.9. The van der Waals surface area contributed by atoms with Gasteiger partial charge in [0.05, 0.1) is 0 Å². The Labute approximate surface area is 130 Å². The Morgan fingerprint density at radius 3 is 2.80 bits per heavy atom. The van der Waals surface area contributed by atoms with Crippen LogP contribution in [0.25, 0.3) is 11.1 Å². The second-order valence-corrected chi connectivity index (χ2v) is 6.29. The van der Waals surface area contributed by atoms with E-state index in [1.54, 1.807) is 0 Å². The Kier molecular flexibility index (Phi) is 3.81. The summed E-state index contributed by atoms with van der Waals surface area (Å²) in [5.41, 5.74) is 4.09. The maximum Gasteiger partial charge on any atom is 0.196 e. The summed E-state index contributed by atoms with van der Waals surface area (Å²) in [4.78, 5) is 4.66. The van der Waals surface area contributed by atoms with Crippen LogP contribution in [0.4, 0.5) is 0 Å². The van der Waals surface area contributed by atoms with Crippen LogP contribution in [0.3, 0.4) is 0 Å². The minimum Gasteiger partial charge on any atom is -0.441 e. The number of aromatic nitrogens is 1. The van der Waals surface area contributed by atoms with Crippen molar-refractivity contribution in [1.29, 1.82) is 0 Å². The first-order valence-electron chi connectivity index (χ1n) is 6.38. The zero-order chi connectivity index (χ0) is 14.1.